The van der Waals surface area contributed by atoms with Crippen LogP contribution in [0, 0.1) is 6.92 Å². The third-order valence-corrected chi connectivity index (χ3v) is 4.96. The van der Waals surface area contributed by atoms with Crippen LogP contribution < -0.4 is 10.6 Å². The summed E-state index contributed by atoms with van der Waals surface area (Å²) in [7, 11) is 0. The minimum atomic E-state index is -0.313. The number of nitrogens with zero attached hydrogens (tertiary/aromatic N) is 1. The van der Waals surface area contributed by atoms with Gasteiger partial charge in [0.25, 0.3) is 0 Å². The van der Waals surface area contributed by atoms with Crippen molar-refractivity contribution < 1.29 is 9.53 Å². The van der Waals surface area contributed by atoms with E-state index in [4.69, 9.17) is 16.3 Å². The Balaban J connectivity index is 0.00000208. The average molecular weight is 388 g/mol. The monoisotopic (exact) mass is 387 g/mol. The Kier molecular flexibility index (Phi) is 7.01. The maximum atomic E-state index is 12.1. The summed E-state index contributed by atoms with van der Waals surface area (Å²) in [6.07, 6.45) is 2.54. The normalized spacial score (nSPS) is 17.2. The zero-order valence-corrected chi connectivity index (χ0v) is 15.6. The predicted octanol–water partition coefficient (Wildman–Crippen LogP) is 3.04. The molecule has 130 valence electrons. The molecular weight excluding hydrogens is 369 g/mol. The summed E-state index contributed by atoms with van der Waals surface area (Å²) in [5, 5.41) is 7.34. The quantitative estimate of drug-likeness (QED) is 0.845. The number of nitrogens with one attached hydrogen (secondary N) is 2. The van der Waals surface area contributed by atoms with E-state index < -0.39 is 0 Å². The smallest absolute Gasteiger partial charge is 0.245 e. The number of morpholine rings is 1. The fourth-order valence-electron chi connectivity index (χ4n) is 2.32. The summed E-state index contributed by atoms with van der Waals surface area (Å²) in [5.74, 6) is -0.107. The number of amides is 1. The first-order valence-electron chi connectivity index (χ1n) is 7.43. The fourth-order valence-corrected chi connectivity index (χ4v) is 3.37. The molecule has 1 atom stereocenters. The van der Waals surface area contributed by atoms with Gasteiger partial charge in [-0.3, -0.25) is 4.79 Å². The summed E-state index contributed by atoms with van der Waals surface area (Å²) in [5.41, 5.74) is 2.19. The van der Waals surface area contributed by atoms with Gasteiger partial charge >= 0.3 is 0 Å². The average Bonchev–Trinajstić information content (AvgIpc) is 2.99. The highest BCUT2D eigenvalue weighted by molar-refractivity contribution is 7.15. The number of ether oxygens (including phenoxy) is 1. The second-order valence-electron chi connectivity index (χ2n) is 5.46. The lowest BCUT2D eigenvalue weighted by molar-refractivity contribution is -0.120. The molecule has 2 N–H and O–H groups in total. The van der Waals surface area contributed by atoms with Crippen molar-refractivity contribution in [1.29, 1.82) is 0 Å². The van der Waals surface area contributed by atoms with Crippen LogP contribution in [0.3, 0.4) is 0 Å². The maximum absolute atomic E-state index is 12.1. The number of carbonyl (C=O) groups is 1. The van der Waals surface area contributed by atoms with Crippen LogP contribution in [0.25, 0.3) is 0 Å². The van der Waals surface area contributed by atoms with Crippen molar-refractivity contribution in [3.8, 4) is 0 Å². The molecule has 1 aliphatic rings. The second kappa shape index (κ2) is 8.78. The standard InChI is InChI=1S/C16H18ClN3O2S.ClH/c1-10-2-3-11(7-13(10)17)6-12-8-19-16(23-12)20-15(21)14-9-22-5-4-18-14;/h2-3,7-8,14,18H,4-6,9H2,1H3,(H,19,20,21);1H. The van der Waals surface area contributed by atoms with Gasteiger partial charge in [-0.15, -0.1) is 23.7 Å². The van der Waals surface area contributed by atoms with Gasteiger partial charge in [0, 0.05) is 29.1 Å². The molecule has 1 amide bonds. The van der Waals surface area contributed by atoms with E-state index in [0.717, 1.165) is 27.4 Å². The molecule has 0 radical (unpaired) electrons. The molecule has 1 fully saturated rings. The highest BCUT2D eigenvalue weighted by atomic mass is 35.5. The van der Waals surface area contributed by atoms with Crippen molar-refractivity contribution in [1.82, 2.24) is 10.3 Å². The zero-order chi connectivity index (χ0) is 16.2. The van der Waals surface area contributed by atoms with Gasteiger partial charge in [0.05, 0.1) is 13.2 Å². The molecule has 8 heteroatoms. The topological polar surface area (TPSA) is 63.2 Å². The lowest BCUT2D eigenvalue weighted by atomic mass is 10.1. The Bertz CT molecular complexity index is 702. The van der Waals surface area contributed by atoms with Crippen LogP contribution >= 0.6 is 35.3 Å². The number of hydrogen-bond acceptors (Lipinski definition) is 5. The number of thiazole rings is 1. The van der Waals surface area contributed by atoms with Gasteiger partial charge in [-0.05, 0) is 24.1 Å². The lowest BCUT2D eigenvalue weighted by Gasteiger charge is -2.22. The molecule has 2 aromatic rings. The number of benzene rings is 1. The number of aromatic nitrogens is 1. The van der Waals surface area contributed by atoms with Crippen molar-refractivity contribution in [3.63, 3.8) is 0 Å². The molecule has 0 aliphatic carbocycles. The number of anilines is 1. The van der Waals surface area contributed by atoms with Crippen molar-refractivity contribution in [2.24, 2.45) is 0 Å². The highest BCUT2D eigenvalue weighted by Gasteiger charge is 2.21. The molecule has 1 saturated heterocycles. The highest BCUT2D eigenvalue weighted by Crippen LogP contribution is 2.24. The van der Waals surface area contributed by atoms with E-state index in [1.54, 1.807) is 6.20 Å². The number of aryl methyl sites for hydroxylation is 1. The summed E-state index contributed by atoms with van der Waals surface area (Å²) in [6, 6.07) is 5.73. The van der Waals surface area contributed by atoms with Gasteiger partial charge < -0.3 is 15.4 Å². The van der Waals surface area contributed by atoms with Crippen LogP contribution in [0.15, 0.2) is 24.4 Å². The van der Waals surface area contributed by atoms with Crippen LogP contribution in [0.2, 0.25) is 5.02 Å². The summed E-state index contributed by atoms with van der Waals surface area (Å²) in [6.45, 7) is 3.71. The largest absolute Gasteiger partial charge is 0.378 e. The van der Waals surface area contributed by atoms with Gasteiger partial charge in [-0.1, -0.05) is 23.7 Å². The van der Waals surface area contributed by atoms with Gasteiger partial charge in [-0.25, -0.2) is 4.98 Å². The number of carbonyl (C=O) groups excluding carboxylic acids is 1. The van der Waals surface area contributed by atoms with E-state index >= 15 is 0 Å². The number of hydrogen-bond donors (Lipinski definition) is 2. The molecule has 24 heavy (non-hydrogen) atoms. The lowest BCUT2D eigenvalue weighted by Crippen LogP contribution is -2.48. The van der Waals surface area contributed by atoms with E-state index in [9.17, 15) is 4.79 Å². The van der Waals surface area contributed by atoms with Crippen LogP contribution in [0.4, 0.5) is 5.13 Å². The third-order valence-electron chi connectivity index (χ3n) is 3.64. The van der Waals surface area contributed by atoms with Crippen LogP contribution in [0.1, 0.15) is 16.0 Å². The molecular formula is C16H19Cl2N3O2S. The molecule has 1 aromatic heterocycles. The van der Waals surface area contributed by atoms with E-state index in [-0.39, 0.29) is 24.4 Å². The first-order valence-corrected chi connectivity index (χ1v) is 8.63. The number of rotatable bonds is 4. The minimum Gasteiger partial charge on any atom is -0.378 e. The van der Waals surface area contributed by atoms with E-state index in [2.05, 4.69) is 21.7 Å². The first-order chi connectivity index (χ1) is 11.1. The van der Waals surface area contributed by atoms with Crippen molar-refractivity contribution in [2.75, 3.05) is 25.1 Å². The van der Waals surface area contributed by atoms with Gasteiger partial charge in [0.1, 0.15) is 6.04 Å². The Labute approximate surface area is 156 Å². The minimum absolute atomic E-state index is 0. The Morgan fingerprint density at radius 3 is 3.08 bits per heavy atom. The molecule has 5 nitrogen and oxygen atoms in total. The molecule has 0 saturated carbocycles. The SMILES string of the molecule is Cc1ccc(Cc2cnc(NC(=O)C3COCCN3)s2)cc1Cl.Cl. The fraction of sp³-hybridized carbons (Fsp3) is 0.375. The van der Waals surface area contributed by atoms with E-state index in [1.807, 2.05) is 19.1 Å². The molecule has 0 bridgehead atoms. The summed E-state index contributed by atoms with van der Waals surface area (Å²) in [4.78, 5) is 17.5. The van der Waals surface area contributed by atoms with Crippen LogP contribution in [-0.4, -0.2) is 36.7 Å². The molecule has 1 aliphatic heterocycles. The number of halogens is 2. The van der Waals surface area contributed by atoms with E-state index in [0.29, 0.717) is 24.9 Å². The Hall–Kier alpha value is -1.18. The predicted molar refractivity (Wildman–Crippen MR) is 99.6 cm³/mol. The first kappa shape index (κ1) is 19.1. The van der Waals surface area contributed by atoms with Crippen molar-refractivity contribution >= 4 is 46.4 Å². The van der Waals surface area contributed by atoms with Crippen LogP contribution in [0.5, 0.6) is 0 Å². The van der Waals surface area contributed by atoms with Gasteiger partial charge in [0.2, 0.25) is 5.91 Å². The third kappa shape index (κ3) is 4.91. The van der Waals surface area contributed by atoms with Crippen molar-refractivity contribution in [3.05, 3.63) is 45.4 Å². The molecule has 3 rings (SSSR count). The van der Waals surface area contributed by atoms with Gasteiger partial charge in [0.15, 0.2) is 5.13 Å². The molecule has 0 spiro atoms. The summed E-state index contributed by atoms with van der Waals surface area (Å²) >= 11 is 7.63. The van der Waals surface area contributed by atoms with Crippen LogP contribution in [-0.2, 0) is 16.0 Å². The van der Waals surface area contributed by atoms with E-state index in [1.165, 1.54) is 11.3 Å². The Morgan fingerprint density at radius 1 is 1.54 bits per heavy atom. The molecule has 2 heterocycles. The zero-order valence-electron chi connectivity index (χ0n) is 13.2. The molecule has 1 unspecified atom stereocenters. The Morgan fingerprint density at radius 2 is 2.38 bits per heavy atom. The second-order valence-corrected chi connectivity index (χ2v) is 6.99. The molecule has 1 aromatic carbocycles. The maximum Gasteiger partial charge on any atom is 0.245 e. The summed E-state index contributed by atoms with van der Waals surface area (Å²) < 4.78 is 5.29. The van der Waals surface area contributed by atoms with Crippen molar-refractivity contribution in [2.45, 2.75) is 19.4 Å². The van der Waals surface area contributed by atoms with Gasteiger partial charge in [-0.2, -0.15) is 0 Å².